The molecule has 4 rings (SSSR count). The maximum absolute atomic E-state index is 13.9. The van der Waals surface area contributed by atoms with Crippen molar-refractivity contribution in [3.63, 3.8) is 0 Å². The van der Waals surface area contributed by atoms with Crippen LogP contribution in [0.2, 0.25) is 0 Å². The van der Waals surface area contributed by atoms with Crippen LogP contribution < -0.4 is 14.4 Å². The Kier molecular flexibility index (Phi) is 9.47. The summed E-state index contributed by atoms with van der Waals surface area (Å²) in [5, 5.41) is 0. The predicted molar refractivity (Wildman–Crippen MR) is 141 cm³/mol. The molecule has 2 saturated heterocycles. The Balaban J connectivity index is 1.76. The van der Waals surface area contributed by atoms with E-state index in [0.29, 0.717) is 43.9 Å². The van der Waals surface area contributed by atoms with Gasteiger partial charge in [-0.1, -0.05) is 24.8 Å². The van der Waals surface area contributed by atoms with Crippen LogP contribution in [0.3, 0.4) is 0 Å². The van der Waals surface area contributed by atoms with Crippen molar-refractivity contribution in [2.24, 2.45) is 0 Å². The summed E-state index contributed by atoms with van der Waals surface area (Å²) in [5.41, 5.74) is 1.35. The summed E-state index contributed by atoms with van der Waals surface area (Å²) < 4.78 is 33.9. The number of rotatable bonds is 10. The van der Waals surface area contributed by atoms with Gasteiger partial charge in [0, 0.05) is 25.6 Å². The van der Waals surface area contributed by atoms with E-state index in [1.807, 2.05) is 0 Å². The molecule has 3 heterocycles. The molecule has 11 nitrogen and oxygen atoms in total. The molecule has 11 heteroatoms. The molecule has 3 aliphatic rings. The van der Waals surface area contributed by atoms with Gasteiger partial charge in [0.1, 0.15) is 6.61 Å². The molecule has 1 aromatic carbocycles. The minimum atomic E-state index is -0.907. The summed E-state index contributed by atoms with van der Waals surface area (Å²) >= 11 is 0. The number of methoxy groups -OCH3 is 2. The Morgan fingerprint density at radius 1 is 1.21 bits per heavy atom. The van der Waals surface area contributed by atoms with Gasteiger partial charge in [-0.3, -0.25) is 9.59 Å². The lowest BCUT2D eigenvalue weighted by Gasteiger charge is -2.38. The van der Waals surface area contributed by atoms with Crippen molar-refractivity contribution >= 4 is 23.7 Å². The lowest BCUT2D eigenvalue weighted by atomic mass is 10.1. The lowest BCUT2D eigenvalue weighted by Crippen LogP contribution is -2.54. The van der Waals surface area contributed by atoms with E-state index in [0.717, 1.165) is 18.4 Å². The number of carbonyl (C=O) groups is 3. The second-order valence-electron chi connectivity index (χ2n) is 9.56. The van der Waals surface area contributed by atoms with Crippen molar-refractivity contribution in [3.05, 3.63) is 42.5 Å². The maximum atomic E-state index is 13.9. The number of esters is 1. The number of carbonyl (C=O) groups excluding carboxylic acids is 3. The van der Waals surface area contributed by atoms with Gasteiger partial charge in [-0.05, 0) is 38.2 Å². The fraction of sp³-hybridized carbons (Fsp3) is 0.536. The summed E-state index contributed by atoms with van der Waals surface area (Å²) in [4.78, 5) is 42.0. The van der Waals surface area contributed by atoms with Crippen LogP contribution in [0.1, 0.15) is 48.9 Å². The largest absolute Gasteiger partial charge is 0.493 e. The Labute approximate surface area is 228 Å². The quantitative estimate of drug-likeness (QED) is 0.246. The predicted octanol–water partition coefficient (Wildman–Crippen LogP) is 3.81. The third kappa shape index (κ3) is 6.36. The van der Waals surface area contributed by atoms with Gasteiger partial charge in [0.05, 0.1) is 38.1 Å². The highest BCUT2D eigenvalue weighted by Crippen LogP contribution is 2.43. The molecule has 3 atom stereocenters. The minimum absolute atomic E-state index is 0.0284. The number of ether oxygens (including phenoxy) is 6. The lowest BCUT2D eigenvalue weighted by molar-refractivity contribution is -0.195. The minimum Gasteiger partial charge on any atom is -0.493 e. The van der Waals surface area contributed by atoms with Crippen LogP contribution in [0.15, 0.2) is 36.9 Å². The van der Waals surface area contributed by atoms with Crippen LogP contribution in [0, 0.1) is 0 Å². The highest BCUT2D eigenvalue weighted by Gasteiger charge is 2.48. The fourth-order valence-corrected chi connectivity index (χ4v) is 4.99. The fourth-order valence-electron chi connectivity index (χ4n) is 4.99. The highest BCUT2D eigenvalue weighted by molar-refractivity contribution is 6.06. The van der Waals surface area contributed by atoms with Crippen LogP contribution in [0.25, 0.3) is 0 Å². The summed E-state index contributed by atoms with van der Waals surface area (Å²) in [6, 6.07) is 2.63. The molecule has 0 bridgehead atoms. The van der Waals surface area contributed by atoms with Gasteiger partial charge in [-0.15, -0.1) is 0 Å². The molecule has 2 unspecified atom stereocenters. The average molecular weight is 545 g/mol. The van der Waals surface area contributed by atoms with Crippen LogP contribution in [-0.2, 0) is 23.7 Å². The van der Waals surface area contributed by atoms with Gasteiger partial charge < -0.3 is 33.3 Å². The van der Waals surface area contributed by atoms with Gasteiger partial charge in [0.15, 0.2) is 24.0 Å². The molecule has 0 radical (unpaired) electrons. The summed E-state index contributed by atoms with van der Waals surface area (Å²) in [6.45, 7) is 8.78. The van der Waals surface area contributed by atoms with E-state index < -0.39 is 24.7 Å². The Morgan fingerprint density at radius 2 is 2.03 bits per heavy atom. The number of anilines is 1. The van der Waals surface area contributed by atoms with Crippen molar-refractivity contribution in [1.29, 1.82) is 0 Å². The molecule has 39 heavy (non-hydrogen) atoms. The maximum Gasteiger partial charge on any atom is 0.416 e. The van der Waals surface area contributed by atoms with Crippen molar-refractivity contribution in [2.45, 2.75) is 57.1 Å². The number of benzene rings is 1. The van der Waals surface area contributed by atoms with E-state index in [1.165, 1.54) is 25.2 Å². The van der Waals surface area contributed by atoms with Crippen LogP contribution >= 0.6 is 0 Å². The second-order valence-corrected chi connectivity index (χ2v) is 9.56. The molecule has 0 saturated carbocycles. The SMILES string of the molecule is C=CCOC(=O)N1c2cc(OCCCC(=O)OC)c(OC)cc2C(=O)N2CC(=C)C[C@H]2C1OC1CCCCO1. The molecule has 0 aliphatic carbocycles. The van der Waals surface area contributed by atoms with Gasteiger partial charge in [-0.2, -0.15) is 0 Å². The van der Waals surface area contributed by atoms with Crippen molar-refractivity contribution < 1.29 is 42.8 Å². The highest BCUT2D eigenvalue weighted by atomic mass is 16.7. The molecular formula is C28H36N2O9. The normalized spacial score (nSPS) is 22.5. The van der Waals surface area contributed by atoms with Crippen LogP contribution in [-0.4, -0.2) is 82.0 Å². The number of amides is 2. The molecule has 0 spiro atoms. The van der Waals surface area contributed by atoms with Crippen molar-refractivity contribution in [1.82, 2.24) is 4.90 Å². The zero-order valence-corrected chi connectivity index (χ0v) is 22.5. The van der Waals surface area contributed by atoms with E-state index >= 15 is 0 Å². The molecule has 1 aromatic rings. The third-order valence-electron chi connectivity index (χ3n) is 6.87. The molecular weight excluding hydrogens is 508 g/mol. The van der Waals surface area contributed by atoms with Crippen LogP contribution in [0.5, 0.6) is 11.5 Å². The van der Waals surface area contributed by atoms with E-state index in [9.17, 15) is 14.4 Å². The third-order valence-corrected chi connectivity index (χ3v) is 6.87. The van der Waals surface area contributed by atoms with E-state index in [2.05, 4.69) is 17.9 Å². The topological polar surface area (TPSA) is 113 Å². The van der Waals surface area contributed by atoms with E-state index in [1.54, 1.807) is 17.0 Å². The number of hydrogen-bond acceptors (Lipinski definition) is 9. The van der Waals surface area contributed by atoms with Gasteiger partial charge in [0.25, 0.3) is 5.91 Å². The number of nitrogens with zero attached hydrogens (tertiary/aromatic N) is 2. The van der Waals surface area contributed by atoms with Crippen molar-refractivity contribution in [3.8, 4) is 11.5 Å². The van der Waals surface area contributed by atoms with Crippen molar-refractivity contribution in [2.75, 3.05) is 45.5 Å². The molecule has 0 aromatic heterocycles. The zero-order valence-electron chi connectivity index (χ0n) is 22.5. The van der Waals surface area contributed by atoms with Gasteiger partial charge >= 0.3 is 12.1 Å². The Morgan fingerprint density at radius 3 is 2.72 bits per heavy atom. The molecule has 3 aliphatic heterocycles. The first kappa shape index (κ1) is 28.4. The Hall–Kier alpha value is -3.57. The molecule has 2 fully saturated rings. The average Bonchev–Trinajstić information content (AvgIpc) is 3.31. The zero-order chi connectivity index (χ0) is 27.9. The first-order valence-electron chi connectivity index (χ1n) is 13.1. The summed E-state index contributed by atoms with van der Waals surface area (Å²) in [5.74, 6) is -0.0265. The number of fused-ring (bicyclic) bond motifs is 2. The van der Waals surface area contributed by atoms with Gasteiger partial charge in [-0.25, -0.2) is 9.69 Å². The first-order chi connectivity index (χ1) is 18.9. The molecule has 212 valence electrons. The van der Waals surface area contributed by atoms with Gasteiger partial charge in [0.2, 0.25) is 0 Å². The molecule has 0 N–H and O–H groups in total. The summed E-state index contributed by atoms with van der Waals surface area (Å²) in [6.07, 6.45) is 2.87. The first-order valence-corrected chi connectivity index (χ1v) is 13.1. The monoisotopic (exact) mass is 544 g/mol. The van der Waals surface area contributed by atoms with Crippen LogP contribution in [0.4, 0.5) is 10.5 Å². The Bertz CT molecular complexity index is 1100. The smallest absolute Gasteiger partial charge is 0.416 e. The standard InChI is InChI=1S/C28H36N2O9/c1-5-11-38-28(33)30-20-16-23(36-13-8-9-24(31)35-4)22(34-3)15-19(20)26(32)29-17-18(2)14-21(29)27(30)39-25-10-6-7-12-37-25/h5,15-16,21,25,27H,1-2,6-14,17H2,3-4H3/t21-,25?,27?/m0/s1. The van der Waals surface area contributed by atoms with E-state index in [4.69, 9.17) is 23.7 Å². The molecule has 2 amide bonds. The second kappa shape index (κ2) is 13.0. The van der Waals surface area contributed by atoms with E-state index in [-0.39, 0.29) is 42.8 Å². The summed E-state index contributed by atoms with van der Waals surface area (Å²) in [7, 11) is 2.79. The number of hydrogen-bond donors (Lipinski definition) is 0.